The molecule has 5 heteroatoms. The number of rotatable bonds is 5. The molecule has 0 aliphatic rings. The number of carbonyl (C=O) groups is 1. The predicted molar refractivity (Wildman–Crippen MR) is 97.2 cm³/mol. The lowest BCUT2D eigenvalue weighted by Gasteiger charge is -2.16. The molecule has 0 spiro atoms. The van der Waals surface area contributed by atoms with Crippen molar-refractivity contribution in [3.8, 4) is 11.5 Å². The molecule has 0 fully saturated rings. The van der Waals surface area contributed by atoms with Crippen LogP contribution in [0.3, 0.4) is 0 Å². The van der Waals surface area contributed by atoms with Gasteiger partial charge in [0.05, 0.1) is 19.1 Å². The second-order valence-corrected chi connectivity index (χ2v) is 6.61. The fourth-order valence-corrected chi connectivity index (χ4v) is 3.60. The Hall–Kier alpha value is -2.53. The number of nitrogens with zero attached hydrogens (tertiary/aromatic N) is 1. The highest BCUT2D eigenvalue weighted by Gasteiger charge is 2.15. The van der Waals surface area contributed by atoms with Gasteiger partial charge in [-0.1, -0.05) is 12.1 Å². The van der Waals surface area contributed by atoms with Crippen LogP contribution < -0.4 is 9.47 Å². The summed E-state index contributed by atoms with van der Waals surface area (Å²) in [6.45, 7) is 0.535. The average Bonchev–Trinajstić information content (AvgIpc) is 3.04. The van der Waals surface area contributed by atoms with E-state index < -0.39 is 0 Å². The van der Waals surface area contributed by atoms with E-state index in [1.807, 2.05) is 55.6 Å². The van der Waals surface area contributed by atoms with Crippen LogP contribution in [-0.2, 0) is 6.54 Å². The summed E-state index contributed by atoms with van der Waals surface area (Å²) in [6, 6.07) is 15.5. The van der Waals surface area contributed by atoms with Gasteiger partial charge in [-0.2, -0.15) is 0 Å². The van der Waals surface area contributed by atoms with E-state index in [-0.39, 0.29) is 5.91 Å². The molecule has 4 nitrogen and oxygen atoms in total. The van der Waals surface area contributed by atoms with Crippen molar-refractivity contribution < 1.29 is 14.3 Å². The van der Waals surface area contributed by atoms with Gasteiger partial charge in [-0.3, -0.25) is 4.79 Å². The maximum absolute atomic E-state index is 12.7. The monoisotopic (exact) mass is 341 g/mol. The smallest absolute Gasteiger partial charge is 0.264 e. The summed E-state index contributed by atoms with van der Waals surface area (Å²) in [4.78, 5) is 15.1. The fourth-order valence-electron chi connectivity index (χ4n) is 2.56. The summed E-state index contributed by atoms with van der Waals surface area (Å²) in [5.41, 5.74) is 1.04. The van der Waals surface area contributed by atoms with Crippen molar-refractivity contribution in [2.24, 2.45) is 0 Å². The van der Waals surface area contributed by atoms with Crippen molar-refractivity contribution in [2.75, 3.05) is 21.3 Å². The lowest BCUT2D eigenvalue weighted by molar-refractivity contribution is 0.0790. The highest BCUT2D eigenvalue weighted by Crippen LogP contribution is 2.29. The van der Waals surface area contributed by atoms with Crippen LogP contribution in [0.1, 0.15) is 15.2 Å². The molecule has 0 aliphatic heterocycles. The van der Waals surface area contributed by atoms with Crippen molar-refractivity contribution in [1.29, 1.82) is 0 Å². The van der Waals surface area contributed by atoms with Crippen LogP contribution in [0.4, 0.5) is 0 Å². The molecule has 0 aliphatic carbocycles. The zero-order valence-corrected chi connectivity index (χ0v) is 14.7. The van der Waals surface area contributed by atoms with Gasteiger partial charge in [0, 0.05) is 18.3 Å². The first-order valence-electron chi connectivity index (χ1n) is 7.56. The lowest BCUT2D eigenvalue weighted by Crippen LogP contribution is -2.25. The van der Waals surface area contributed by atoms with Crippen LogP contribution in [0, 0.1) is 0 Å². The standard InChI is InChI=1S/C19H19NO3S/c1-20(12-13-5-4-6-15(9-13)22-2)19(21)18-11-14-10-16(23-3)7-8-17(14)24-18/h4-11H,12H2,1-3H3. The van der Waals surface area contributed by atoms with Crippen molar-refractivity contribution in [2.45, 2.75) is 6.54 Å². The molecular weight excluding hydrogens is 322 g/mol. The highest BCUT2D eigenvalue weighted by atomic mass is 32.1. The van der Waals surface area contributed by atoms with Gasteiger partial charge in [-0.15, -0.1) is 11.3 Å². The average molecular weight is 341 g/mol. The Kier molecular flexibility index (Phi) is 4.71. The van der Waals surface area contributed by atoms with E-state index in [9.17, 15) is 4.79 Å². The van der Waals surface area contributed by atoms with Crippen LogP contribution in [0.2, 0.25) is 0 Å². The zero-order chi connectivity index (χ0) is 17.1. The number of benzene rings is 2. The molecule has 3 aromatic rings. The van der Waals surface area contributed by atoms with Crippen molar-refractivity contribution >= 4 is 27.3 Å². The van der Waals surface area contributed by atoms with Crippen molar-refractivity contribution in [3.05, 3.63) is 59.0 Å². The number of hydrogen-bond donors (Lipinski definition) is 0. The normalized spacial score (nSPS) is 10.6. The van der Waals surface area contributed by atoms with E-state index in [4.69, 9.17) is 9.47 Å². The summed E-state index contributed by atoms with van der Waals surface area (Å²) < 4.78 is 11.5. The van der Waals surface area contributed by atoms with E-state index in [2.05, 4.69) is 0 Å². The van der Waals surface area contributed by atoms with E-state index in [0.29, 0.717) is 6.54 Å². The molecule has 0 atom stereocenters. The molecule has 0 bridgehead atoms. The Labute approximate surface area is 145 Å². The van der Waals surface area contributed by atoms with Crippen LogP contribution in [-0.4, -0.2) is 32.1 Å². The Balaban J connectivity index is 1.79. The first-order valence-corrected chi connectivity index (χ1v) is 8.38. The number of thiophene rings is 1. The van der Waals surface area contributed by atoms with Gasteiger partial charge in [-0.25, -0.2) is 0 Å². The van der Waals surface area contributed by atoms with Gasteiger partial charge in [0.2, 0.25) is 0 Å². The van der Waals surface area contributed by atoms with E-state index in [1.165, 1.54) is 11.3 Å². The van der Waals surface area contributed by atoms with Crippen molar-refractivity contribution in [3.63, 3.8) is 0 Å². The molecule has 1 amide bonds. The maximum atomic E-state index is 12.7. The van der Waals surface area contributed by atoms with Crippen molar-refractivity contribution in [1.82, 2.24) is 4.90 Å². The molecule has 0 saturated heterocycles. The minimum atomic E-state index is 0.0120. The third-order valence-corrected chi connectivity index (χ3v) is 4.94. The molecule has 1 aromatic heterocycles. The Morgan fingerprint density at radius 3 is 2.54 bits per heavy atom. The second-order valence-electron chi connectivity index (χ2n) is 5.53. The summed E-state index contributed by atoms with van der Waals surface area (Å²) in [5, 5.41) is 1.03. The molecule has 3 rings (SSSR count). The molecule has 2 aromatic carbocycles. The predicted octanol–water partition coefficient (Wildman–Crippen LogP) is 4.19. The molecule has 1 heterocycles. The SMILES string of the molecule is COc1cccc(CN(C)C(=O)c2cc3cc(OC)ccc3s2)c1. The summed E-state index contributed by atoms with van der Waals surface area (Å²) in [6.07, 6.45) is 0. The zero-order valence-electron chi connectivity index (χ0n) is 13.9. The number of ether oxygens (including phenoxy) is 2. The van der Waals surface area contributed by atoms with E-state index in [0.717, 1.165) is 32.0 Å². The van der Waals surface area contributed by atoms with E-state index >= 15 is 0 Å². The number of carbonyl (C=O) groups excluding carboxylic acids is 1. The Morgan fingerprint density at radius 2 is 1.79 bits per heavy atom. The minimum absolute atomic E-state index is 0.0120. The minimum Gasteiger partial charge on any atom is -0.497 e. The highest BCUT2D eigenvalue weighted by molar-refractivity contribution is 7.20. The van der Waals surface area contributed by atoms with Crippen LogP contribution in [0.25, 0.3) is 10.1 Å². The van der Waals surface area contributed by atoms with Crippen LogP contribution >= 0.6 is 11.3 Å². The fraction of sp³-hybridized carbons (Fsp3) is 0.211. The first-order chi connectivity index (χ1) is 11.6. The quantitative estimate of drug-likeness (QED) is 0.698. The van der Waals surface area contributed by atoms with Gasteiger partial charge in [0.1, 0.15) is 11.5 Å². The van der Waals surface area contributed by atoms with Crippen LogP contribution in [0.15, 0.2) is 48.5 Å². The molecule has 0 unspecified atom stereocenters. The molecule has 0 radical (unpaired) electrons. The summed E-state index contributed by atoms with van der Waals surface area (Å²) in [5.74, 6) is 1.60. The number of hydrogen-bond acceptors (Lipinski definition) is 4. The van der Waals surface area contributed by atoms with Crippen LogP contribution in [0.5, 0.6) is 11.5 Å². The van der Waals surface area contributed by atoms with Gasteiger partial charge in [0.15, 0.2) is 0 Å². The third-order valence-electron chi connectivity index (χ3n) is 3.83. The Bertz CT molecular complexity index is 872. The van der Waals surface area contributed by atoms with Gasteiger partial charge < -0.3 is 14.4 Å². The molecule has 24 heavy (non-hydrogen) atoms. The molecule has 0 N–H and O–H groups in total. The third kappa shape index (κ3) is 3.36. The topological polar surface area (TPSA) is 38.8 Å². The number of amides is 1. The van der Waals surface area contributed by atoms with Gasteiger partial charge in [-0.05, 0) is 47.3 Å². The number of methoxy groups -OCH3 is 2. The molecule has 0 saturated carbocycles. The molecular formula is C19H19NO3S. The van der Waals surface area contributed by atoms with Gasteiger partial charge >= 0.3 is 0 Å². The number of fused-ring (bicyclic) bond motifs is 1. The Morgan fingerprint density at radius 1 is 1.04 bits per heavy atom. The lowest BCUT2D eigenvalue weighted by atomic mass is 10.2. The van der Waals surface area contributed by atoms with Gasteiger partial charge in [0.25, 0.3) is 5.91 Å². The largest absolute Gasteiger partial charge is 0.497 e. The summed E-state index contributed by atoms with van der Waals surface area (Å²) in [7, 11) is 5.09. The maximum Gasteiger partial charge on any atom is 0.264 e. The summed E-state index contributed by atoms with van der Waals surface area (Å²) >= 11 is 1.50. The van der Waals surface area contributed by atoms with E-state index in [1.54, 1.807) is 19.1 Å². The first kappa shape index (κ1) is 16.3. The second kappa shape index (κ2) is 6.93. The molecule has 124 valence electrons.